The van der Waals surface area contributed by atoms with Crippen molar-refractivity contribution >= 4 is 40.2 Å². The Morgan fingerprint density at radius 3 is 2.55 bits per heavy atom. The van der Waals surface area contributed by atoms with Crippen LogP contribution in [0.15, 0.2) is 60.7 Å². The maximum absolute atomic E-state index is 12.8. The average molecular weight is 463 g/mol. The molecule has 0 unspecified atom stereocenters. The van der Waals surface area contributed by atoms with Gasteiger partial charge in [-0.05, 0) is 42.0 Å². The number of halogens is 1. The van der Waals surface area contributed by atoms with Crippen molar-refractivity contribution in [3.8, 4) is 16.9 Å². The quantitative estimate of drug-likeness (QED) is 0.410. The Morgan fingerprint density at radius 1 is 1.06 bits per heavy atom. The molecule has 1 fully saturated rings. The molecule has 3 aromatic carbocycles. The molecule has 1 saturated heterocycles. The van der Waals surface area contributed by atoms with Crippen LogP contribution in [0.4, 0.5) is 11.4 Å². The van der Waals surface area contributed by atoms with Gasteiger partial charge >= 0.3 is 0 Å². The lowest BCUT2D eigenvalue weighted by atomic mass is 9.97. The number of aliphatic hydroxyl groups is 1. The minimum absolute atomic E-state index is 0.110. The van der Waals surface area contributed by atoms with Gasteiger partial charge in [-0.25, -0.2) is 0 Å². The van der Waals surface area contributed by atoms with Gasteiger partial charge in [-0.2, -0.15) is 0 Å². The molecule has 33 heavy (non-hydrogen) atoms. The minimum Gasteiger partial charge on any atom is -0.506 e. The summed E-state index contributed by atoms with van der Waals surface area (Å²) in [6, 6.07) is 18.7. The van der Waals surface area contributed by atoms with Crippen LogP contribution in [-0.4, -0.2) is 44.4 Å². The van der Waals surface area contributed by atoms with E-state index in [1.54, 1.807) is 37.4 Å². The number of morpholine rings is 1. The highest BCUT2D eigenvalue weighted by molar-refractivity contribution is 6.38. The molecule has 0 bridgehead atoms. The second-order valence-electron chi connectivity index (χ2n) is 7.93. The highest BCUT2D eigenvalue weighted by atomic mass is 35.5. The molecule has 0 atom stereocenters. The van der Waals surface area contributed by atoms with Crippen LogP contribution in [0.3, 0.4) is 0 Å². The van der Waals surface area contributed by atoms with Crippen LogP contribution in [0.25, 0.3) is 22.5 Å². The number of hydrogen-bond donors (Lipinski definition) is 2. The fourth-order valence-electron chi connectivity index (χ4n) is 4.24. The predicted octanol–water partition coefficient (Wildman–Crippen LogP) is 5.23. The number of carbonyl (C=O) groups is 1. The number of nitrogens with zero attached hydrogens (tertiary/aromatic N) is 1. The van der Waals surface area contributed by atoms with Crippen molar-refractivity contribution in [2.45, 2.75) is 0 Å². The van der Waals surface area contributed by atoms with Crippen molar-refractivity contribution in [1.29, 1.82) is 0 Å². The van der Waals surface area contributed by atoms with Gasteiger partial charge in [0.1, 0.15) is 11.5 Å². The number of ether oxygens (including phenoxy) is 2. The Morgan fingerprint density at radius 2 is 1.82 bits per heavy atom. The number of anilines is 2. The SMILES string of the molecule is COc1cccc(C(O)=C2C(=O)Nc3cc(Cl)c(-c4ccc(N5CCOCC5)cc4)cc32)c1. The monoisotopic (exact) mass is 462 g/mol. The Bertz CT molecular complexity index is 1250. The summed E-state index contributed by atoms with van der Waals surface area (Å²) in [6.45, 7) is 3.19. The van der Waals surface area contributed by atoms with E-state index < -0.39 is 0 Å². The van der Waals surface area contributed by atoms with Gasteiger partial charge in [0.15, 0.2) is 0 Å². The van der Waals surface area contributed by atoms with Crippen molar-refractivity contribution in [3.05, 3.63) is 76.8 Å². The third-order valence-electron chi connectivity index (χ3n) is 5.99. The van der Waals surface area contributed by atoms with Crippen LogP contribution in [0.5, 0.6) is 5.75 Å². The van der Waals surface area contributed by atoms with Gasteiger partial charge < -0.3 is 24.8 Å². The number of rotatable bonds is 4. The third kappa shape index (κ3) is 4.03. The van der Waals surface area contributed by atoms with Crippen molar-refractivity contribution in [3.63, 3.8) is 0 Å². The number of fused-ring (bicyclic) bond motifs is 1. The topological polar surface area (TPSA) is 71.0 Å². The molecule has 2 heterocycles. The van der Waals surface area contributed by atoms with Gasteiger partial charge in [0.25, 0.3) is 5.91 Å². The molecule has 0 radical (unpaired) electrons. The molecule has 0 saturated carbocycles. The summed E-state index contributed by atoms with van der Waals surface area (Å²) in [5.74, 6) is 0.109. The summed E-state index contributed by atoms with van der Waals surface area (Å²) >= 11 is 6.59. The fourth-order valence-corrected chi connectivity index (χ4v) is 4.51. The number of benzene rings is 3. The van der Waals surface area contributed by atoms with Gasteiger partial charge in [0.2, 0.25) is 0 Å². The van der Waals surface area contributed by atoms with Crippen LogP contribution >= 0.6 is 11.6 Å². The third-order valence-corrected chi connectivity index (χ3v) is 6.30. The molecule has 7 heteroatoms. The standard InChI is InChI=1S/C26H23ClN2O4/c1-32-19-4-2-3-17(13-19)25(30)24-21-14-20(22(27)15-23(21)28-26(24)31)16-5-7-18(8-6-16)29-9-11-33-12-10-29/h2-8,13-15,30H,9-12H2,1H3,(H,28,31). The second kappa shape index (κ2) is 8.81. The molecule has 0 aliphatic carbocycles. The number of amides is 1. The normalized spacial score (nSPS) is 16.9. The van der Waals surface area contributed by atoms with Crippen LogP contribution in [0.1, 0.15) is 11.1 Å². The van der Waals surface area contributed by atoms with Gasteiger partial charge in [-0.1, -0.05) is 35.9 Å². The molecular formula is C26H23ClN2O4. The van der Waals surface area contributed by atoms with E-state index in [1.807, 2.05) is 18.2 Å². The molecule has 1 amide bonds. The predicted molar refractivity (Wildman–Crippen MR) is 131 cm³/mol. The van der Waals surface area contributed by atoms with E-state index in [1.165, 1.54) is 0 Å². The molecule has 0 spiro atoms. The molecule has 2 aliphatic heterocycles. The average Bonchev–Trinajstić information content (AvgIpc) is 3.18. The Kier molecular flexibility index (Phi) is 5.70. The number of aliphatic hydroxyl groups excluding tert-OH is 1. The maximum Gasteiger partial charge on any atom is 0.260 e. The van der Waals surface area contributed by atoms with Crippen LogP contribution < -0.4 is 15.0 Å². The molecule has 2 N–H and O–H groups in total. The molecule has 168 valence electrons. The largest absolute Gasteiger partial charge is 0.506 e. The van der Waals surface area contributed by atoms with Crippen molar-refractivity contribution in [2.75, 3.05) is 43.6 Å². The van der Waals surface area contributed by atoms with E-state index >= 15 is 0 Å². The molecule has 3 aromatic rings. The zero-order chi connectivity index (χ0) is 22.9. The fraction of sp³-hybridized carbons (Fsp3) is 0.192. The van der Waals surface area contributed by atoms with Crippen LogP contribution in [0.2, 0.25) is 5.02 Å². The van der Waals surface area contributed by atoms with Gasteiger partial charge in [-0.3, -0.25) is 4.79 Å². The van der Waals surface area contributed by atoms with E-state index in [0.717, 1.165) is 43.1 Å². The lowest BCUT2D eigenvalue weighted by Crippen LogP contribution is -2.36. The molecule has 6 nitrogen and oxygen atoms in total. The molecule has 5 rings (SSSR count). The van der Waals surface area contributed by atoms with E-state index in [-0.39, 0.29) is 17.2 Å². The number of methoxy groups -OCH3 is 1. The summed E-state index contributed by atoms with van der Waals surface area (Å²) in [6.07, 6.45) is 0. The molecule has 2 aliphatic rings. The lowest BCUT2D eigenvalue weighted by molar-refractivity contribution is -0.110. The van der Waals surface area contributed by atoms with Crippen molar-refractivity contribution in [2.24, 2.45) is 0 Å². The van der Waals surface area contributed by atoms with Gasteiger partial charge in [0, 0.05) is 35.5 Å². The molecule has 0 aromatic heterocycles. The first-order valence-corrected chi connectivity index (χ1v) is 11.1. The highest BCUT2D eigenvalue weighted by Gasteiger charge is 2.30. The van der Waals surface area contributed by atoms with E-state index in [2.05, 4.69) is 22.3 Å². The summed E-state index contributed by atoms with van der Waals surface area (Å²) < 4.78 is 10.7. The molecular weight excluding hydrogens is 440 g/mol. The van der Waals surface area contributed by atoms with Crippen LogP contribution in [-0.2, 0) is 9.53 Å². The summed E-state index contributed by atoms with van der Waals surface area (Å²) in [7, 11) is 1.56. The number of nitrogens with one attached hydrogen (secondary N) is 1. The minimum atomic E-state index is -0.374. The Balaban J connectivity index is 1.54. The summed E-state index contributed by atoms with van der Waals surface area (Å²) in [5.41, 5.74) is 4.74. The smallest absolute Gasteiger partial charge is 0.260 e. The summed E-state index contributed by atoms with van der Waals surface area (Å²) in [4.78, 5) is 15.0. The van der Waals surface area contributed by atoms with Gasteiger partial charge in [-0.15, -0.1) is 0 Å². The van der Waals surface area contributed by atoms with Crippen molar-refractivity contribution < 1.29 is 19.4 Å². The Hall–Kier alpha value is -3.48. The second-order valence-corrected chi connectivity index (χ2v) is 8.34. The zero-order valence-electron chi connectivity index (χ0n) is 18.1. The first-order valence-electron chi connectivity index (χ1n) is 10.7. The van der Waals surface area contributed by atoms with Crippen molar-refractivity contribution in [1.82, 2.24) is 0 Å². The Labute approximate surface area is 197 Å². The lowest BCUT2D eigenvalue weighted by Gasteiger charge is -2.29. The van der Waals surface area contributed by atoms with E-state index in [4.69, 9.17) is 21.1 Å². The number of carbonyl (C=O) groups excluding carboxylic acids is 1. The maximum atomic E-state index is 12.8. The van der Waals surface area contributed by atoms with Crippen LogP contribution in [0, 0.1) is 0 Å². The van der Waals surface area contributed by atoms with E-state index in [9.17, 15) is 9.90 Å². The summed E-state index contributed by atoms with van der Waals surface area (Å²) in [5, 5.41) is 14.3. The first kappa shape index (κ1) is 21.4. The van der Waals surface area contributed by atoms with E-state index in [0.29, 0.717) is 27.6 Å². The highest BCUT2D eigenvalue weighted by Crippen LogP contribution is 2.42. The number of hydrogen-bond acceptors (Lipinski definition) is 5. The van der Waals surface area contributed by atoms with Gasteiger partial charge in [0.05, 0.1) is 36.6 Å². The first-order chi connectivity index (χ1) is 16.0. The zero-order valence-corrected chi connectivity index (χ0v) is 18.9.